The van der Waals surface area contributed by atoms with Crippen LogP contribution in [0.2, 0.25) is 0 Å². The first-order chi connectivity index (χ1) is 16.4. The van der Waals surface area contributed by atoms with Gasteiger partial charge in [0, 0.05) is 53.8 Å². The Morgan fingerprint density at radius 2 is 2.12 bits per heavy atom. The Morgan fingerprint density at radius 1 is 1.32 bits per heavy atom. The van der Waals surface area contributed by atoms with Crippen LogP contribution >= 0.6 is 15.9 Å². The van der Waals surface area contributed by atoms with Crippen molar-refractivity contribution in [1.82, 2.24) is 19.7 Å². The maximum atomic E-state index is 13.0. The summed E-state index contributed by atoms with van der Waals surface area (Å²) in [6, 6.07) is 6.22. The highest BCUT2D eigenvalue weighted by molar-refractivity contribution is 9.10. The summed E-state index contributed by atoms with van der Waals surface area (Å²) in [4.78, 5) is 28.7. The second kappa shape index (κ2) is 10.5. The average molecular weight is 521 g/mol. The maximum Gasteiger partial charge on any atom is 0.246 e. The van der Waals surface area contributed by atoms with E-state index in [1.54, 1.807) is 4.90 Å². The normalized spacial score (nSPS) is 16.9. The van der Waals surface area contributed by atoms with Crippen LogP contribution in [0.15, 0.2) is 59.1 Å². The van der Waals surface area contributed by atoms with E-state index in [-0.39, 0.29) is 24.4 Å². The van der Waals surface area contributed by atoms with Crippen molar-refractivity contribution in [3.8, 4) is 12.3 Å². The first-order valence-corrected chi connectivity index (χ1v) is 12.2. The Balaban J connectivity index is 1.55. The molecule has 0 spiro atoms. The Labute approximate surface area is 209 Å². The topological polar surface area (TPSA) is 57.6 Å². The molecule has 0 radical (unpaired) electrons. The fraction of sp³-hybridized carbons (Fsp3) is 0.333. The Bertz CT molecular complexity index is 1230. The molecule has 2 aliphatic heterocycles. The second-order valence-corrected chi connectivity index (χ2v) is 9.65. The molecule has 7 heteroatoms. The van der Waals surface area contributed by atoms with E-state index < -0.39 is 0 Å². The number of carbonyl (C=O) groups is 2. The number of hydrogen-bond acceptors (Lipinski definition) is 3. The van der Waals surface area contributed by atoms with Crippen molar-refractivity contribution < 1.29 is 9.59 Å². The molecule has 1 saturated heterocycles. The minimum Gasteiger partial charge on any atom is -0.348 e. The van der Waals surface area contributed by atoms with Gasteiger partial charge >= 0.3 is 0 Å². The van der Waals surface area contributed by atoms with Crippen LogP contribution in [-0.4, -0.2) is 58.4 Å². The van der Waals surface area contributed by atoms with E-state index >= 15 is 0 Å². The van der Waals surface area contributed by atoms with E-state index in [0.717, 1.165) is 41.6 Å². The van der Waals surface area contributed by atoms with E-state index in [0.29, 0.717) is 13.1 Å². The zero-order valence-corrected chi connectivity index (χ0v) is 21.0. The molecule has 0 bridgehead atoms. The van der Waals surface area contributed by atoms with Crippen LogP contribution in [-0.2, 0) is 29.1 Å². The minimum atomic E-state index is -0.0992. The zero-order chi connectivity index (χ0) is 24.2. The predicted octanol–water partition coefficient (Wildman–Crippen LogP) is 3.41. The Hall–Kier alpha value is -3.08. The molecule has 0 unspecified atom stereocenters. The predicted molar refractivity (Wildman–Crippen MR) is 139 cm³/mol. The number of carbonyl (C=O) groups excluding carboxylic acids is 2. The lowest BCUT2D eigenvalue weighted by atomic mass is 10.0. The highest BCUT2D eigenvalue weighted by Crippen LogP contribution is 2.33. The zero-order valence-electron chi connectivity index (χ0n) is 19.4. The molecule has 34 heavy (non-hydrogen) atoms. The smallest absolute Gasteiger partial charge is 0.246 e. The Kier molecular flexibility index (Phi) is 7.40. The van der Waals surface area contributed by atoms with Crippen LogP contribution in [0.3, 0.4) is 0 Å². The number of allylic oxidation sites excluding steroid dienone is 2. The summed E-state index contributed by atoms with van der Waals surface area (Å²) in [6.07, 6.45) is 13.6. The van der Waals surface area contributed by atoms with E-state index in [4.69, 9.17) is 6.42 Å². The van der Waals surface area contributed by atoms with Crippen molar-refractivity contribution in [3.05, 3.63) is 70.4 Å². The van der Waals surface area contributed by atoms with Gasteiger partial charge in [-0.2, -0.15) is 0 Å². The molecule has 176 valence electrons. The lowest BCUT2D eigenvalue weighted by Gasteiger charge is -2.39. The molecular formula is C27H29BrN4O2. The monoisotopic (exact) mass is 520 g/mol. The van der Waals surface area contributed by atoms with Crippen molar-refractivity contribution in [3.63, 3.8) is 0 Å². The summed E-state index contributed by atoms with van der Waals surface area (Å²) in [5, 5.41) is 4.26. The molecule has 1 aromatic heterocycles. The third-order valence-corrected chi connectivity index (χ3v) is 6.88. The molecule has 1 fully saturated rings. The standard InChI is InChI=1S/C27H29BrN4O2/c1-4-7-19(8-5-2)14-30-12-11-22-23-13-20(28)9-10-24(23)32(25(22)17-30)18-26(33)29-21-15-31(16-21)27(34)6-3/h1,5-10,13,21H,3,11-12,14-18H2,2H3,(H,29,33)/b8-5-,19-7+. The number of likely N-dealkylation sites (tertiary alicyclic amines) is 1. The SMILES string of the molecule is C#C/C=C(\C=C/C)CN1CCc2c(n(CC(=O)NC3CN(C(=O)C=C)C3)c3ccc(Br)cc23)C1. The molecule has 0 atom stereocenters. The number of halogens is 1. The third-order valence-electron chi connectivity index (χ3n) is 6.39. The quantitative estimate of drug-likeness (QED) is 0.345. The van der Waals surface area contributed by atoms with Crippen LogP contribution in [0.5, 0.6) is 0 Å². The fourth-order valence-electron chi connectivity index (χ4n) is 4.81. The molecular weight excluding hydrogens is 492 g/mol. The van der Waals surface area contributed by atoms with E-state index in [1.807, 2.05) is 25.1 Å². The number of rotatable bonds is 7. The number of benzene rings is 1. The minimum absolute atomic E-state index is 0.0167. The largest absolute Gasteiger partial charge is 0.348 e. The van der Waals surface area contributed by atoms with Crippen molar-refractivity contribution >= 4 is 38.6 Å². The number of aromatic nitrogens is 1. The molecule has 2 aliphatic rings. The van der Waals surface area contributed by atoms with E-state index in [2.05, 4.69) is 61.4 Å². The van der Waals surface area contributed by atoms with E-state index in [1.165, 1.54) is 22.7 Å². The number of terminal acetylenes is 1. The van der Waals surface area contributed by atoms with Crippen LogP contribution in [0.4, 0.5) is 0 Å². The molecule has 2 amide bonds. The van der Waals surface area contributed by atoms with Gasteiger partial charge in [-0.15, -0.1) is 6.42 Å². The van der Waals surface area contributed by atoms with Gasteiger partial charge in [-0.3, -0.25) is 14.5 Å². The summed E-state index contributed by atoms with van der Waals surface area (Å²) in [7, 11) is 0. The molecule has 2 aromatic rings. The van der Waals surface area contributed by atoms with Crippen molar-refractivity contribution in [2.75, 3.05) is 26.2 Å². The van der Waals surface area contributed by atoms with Crippen LogP contribution < -0.4 is 5.32 Å². The van der Waals surface area contributed by atoms with Gasteiger partial charge in [-0.25, -0.2) is 0 Å². The van der Waals surface area contributed by atoms with E-state index in [9.17, 15) is 9.59 Å². The summed E-state index contributed by atoms with van der Waals surface area (Å²) < 4.78 is 3.17. The highest BCUT2D eigenvalue weighted by Gasteiger charge is 2.31. The molecule has 4 rings (SSSR count). The number of hydrogen-bond donors (Lipinski definition) is 1. The van der Waals surface area contributed by atoms with Gasteiger partial charge in [0.1, 0.15) is 6.54 Å². The fourth-order valence-corrected chi connectivity index (χ4v) is 5.17. The van der Waals surface area contributed by atoms with Gasteiger partial charge in [-0.05, 0) is 54.8 Å². The van der Waals surface area contributed by atoms with Gasteiger partial charge in [0.15, 0.2) is 0 Å². The lowest BCUT2D eigenvalue weighted by molar-refractivity contribution is -0.133. The van der Waals surface area contributed by atoms with Crippen molar-refractivity contribution in [2.45, 2.75) is 32.5 Å². The summed E-state index contributed by atoms with van der Waals surface area (Å²) in [5.41, 5.74) is 4.64. The van der Waals surface area contributed by atoms with Gasteiger partial charge in [0.2, 0.25) is 11.8 Å². The van der Waals surface area contributed by atoms with Gasteiger partial charge < -0.3 is 14.8 Å². The summed E-state index contributed by atoms with van der Waals surface area (Å²) in [6.45, 7) is 9.24. The molecule has 1 N–H and O–H groups in total. The third kappa shape index (κ3) is 5.03. The summed E-state index contributed by atoms with van der Waals surface area (Å²) >= 11 is 3.60. The number of nitrogens with zero attached hydrogens (tertiary/aromatic N) is 3. The van der Waals surface area contributed by atoms with Gasteiger partial charge in [0.25, 0.3) is 0 Å². The van der Waals surface area contributed by atoms with Crippen molar-refractivity contribution in [1.29, 1.82) is 0 Å². The van der Waals surface area contributed by atoms with Crippen molar-refractivity contribution in [2.24, 2.45) is 0 Å². The first-order valence-electron chi connectivity index (χ1n) is 11.4. The molecule has 0 saturated carbocycles. The first kappa shape index (κ1) is 24.1. The number of fused-ring (bicyclic) bond motifs is 3. The average Bonchev–Trinajstić information content (AvgIpc) is 3.08. The molecule has 3 heterocycles. The second-order valence-electron chi connectivity index (χ2n) is 8.73. The maximum absolute atomic E-state index is 13.0. The number of amides is 2. The van der Waals surface area contributed by atoms with Gasteiger partial charge in [0.05, 0.1) is 6.04 Å². The summed E-state index contributed by atoms with van der Waals surface area (Å²) in [5.74, 6) is 2.49. The van der Waals surface area contributed by atoms with Gasteiger partial charge in [-0.1, -0.05) is 40.6 Å². The Morgan fingerprint density at radius 3 is 2.82 bits per heavy atom. The van der Waals surface area contributed by atoms with Crippen LogP contribution in [0.25, 0.3) is 10.9 Å². The lowest BCUT2D eigenvalue weighted by Crippen LogP contribution is -2.61. The van der Waals surface area contributed by atoms with Crippen LogP contribution in [0, 0.1) is 12.3 Å². The van der Waals surface area contributed by atoms with Crippen LogP contribution in [0.1, 0.15) is 18.2 Å². The number of nitrogens with one attached hydrogen (secondary N) is 1. The molecule has 6 nitrogen and oxygen atoms in total. The molecule has 1 aromatic carbocycles. The highest BCUT2D eigenvalue weighted by atomic mass is 79.9. The molecule has 0 aliphatic carbocycles.